The van der Waals surface area contributed by atoms with Gasteiger partial charge in [-0.1, -0.05) is 0 Å². The predicted octanol–water partition coefficient (Wildman–Crippen LogP) is 0.777. The molecule has 0 aromatic carbocycles. The minimum atomic E-state index is -1.04. The number of carboxylic acid groups (broad SMARTS) is 1. The van der Waals surface area contributed by atoms with Gasteiger partial charge in [-0.15, -0.1) is 11.3 Å². The van der Waals surface area contributed by atoms with Crippen molar-refractivity contribution in [2.24, 2.45) is 0 Å². The number of aryl methyl sites for hydroxylation is 1. The number of carbonyl (C=O) groups is 2. The van der Waals surface area contributed by atoms with Gasteiger partial charge in [0.15, 0.2) is 6.10 Å². The summed E-state index contributed by atoms with van der Waals surface area (Å²) in [4.78, 5) is 29.2. The molecule has 1 aromatic rings. The second kappa shape index (κ2) is 5.94. The maximum absolute atomic E-state index is 11.9. The number of ether oxygens (including phenoxy) is 1. The topological polar surface area (TPSA) is 79.7 Å². The fourth-order valence-electron chi connectivity index (χ4n) is 1.71. The molecule has 2 heterocycles. The van der Waals surface area contributed by atoms with Gasteiger partial charge >= 0.3 is 5.97 Å². The first-order chi connectivity index (χ1) is 9.06. The summed E-state index contributed by atoms with van der Waals surface area (Å²) < 4.78 is 5.06. The maximum atomic E-state index is 11.9. The van der Waals surface area contributed by atoms with Crippen molar-refractivity contribution in [3.05, 3.63) is 22.2 Å². The average molecular weight is 282 g/mol. The van der Waals surface area contributed by atoms with Crippen LogP contribution >= 0.6 is 11.3 Å². The van der Waals surface area contributed by atoms with Crippen LogP contribution in [0.2, 0.25) is 0 Å². The van der Waals surface area contributed by atoms with Crippen LogP contribution in [0.3, 0.4) is 0 Å². The monoisotopic (exact) mass is 282 g/mol. The van der Waals surface area contributed by atoms with E-state index in [1.807, 2.05) is 6.92 Å². The number of rotatable bonds is 3. The average Bonchev–Trinajstić information content (AvgIpc) is 2.82. The molecule has 102 valence electrons. The molecule has 1 atom stereocenters. The molecule has 0 saturated carbocycles. The number of nitrogens with zero attached hydrogens (tertiary/aromatic N) is 2. The van der Waals surface area contributed by atoms with Crippen molar-refractivity contribution in [1.29, 1.82) is 0 Å². The summed E-state index contributed by atoms with van der Waals surface area (Å²) in [5, 5.41) is 9.80. The Morgan fingerprint density at radius 1 is 1.63 bits per heavy atom. The van der Waals surface area contributed by atoms with E-state index in [2.05, 4.69) is 4.98 Å². The van der Waals surface area contributed by atoms with Crippen molar-refractivity contribution in [2.45, 2.75) is 13.0 Å². The zero-order valence-electron chi connectivity index (χ0n) is 10.4. The third kappa shape index (κ3) is 3.62. The van der Waals surface area contributed by atoms with E-state index in [9.17, 15) is 9.59 Å². The van der Waals surface area contributed by atoms with Gasteiger partial charge in [0, 0.05) is 23.7 Å². The molecule has 1 N–H and O–H groups in total. The molecule has 1 aliphatic rings. The van der Waals surface area contributed by atoms with Crippen molar-refractivity contribution >= 4 is 29.3 Å². The number of aromatic nitrogens is 1. The standard InChI is InChI=1S/C12H14N2O4S/c1-8-13-6-9(19-8)2-3-11(15)14-4-5-18-10(7-14)12(16)17/h2-3,6,10H,4-5,7H2,1H3,(H,16,17). The van der Waals surface area contributed by atoms with E-state index in [-0.39, 0.29) is 19.1 Å². The van der Waals surface area contributed by atoms with Gasteiger partial charge in [0.05, 0.1) is 18.2 Å². The highest BCUT2D eigenvalue weighted by Gasteiger charge is 2.27. The highest BCUT2D eigenvalue weighted by molar-refractivity contribution is 7.12. The van der Waals surface area contributed by atoms with E-state index in [1.54, 1.807) is 12.3 Å². The number of morpholine rings is 1. The number of hydrogen-bond donors (Lipinski definition) is 1. The Labute approximate surface area is 114 Å². The number of thiazole rings is 1. The van der Waals surface area contributed by atoms with Gasteiger partial charge in [-0.05, 0) is 13.0 Å². The molecule has 1 aliphatic heterocycles. The minimum Gasteiger partial charge on any atom is -0.479 e. The van der Waals surface area contributed by atoms with E-state index < -0.39 is 12.1 Å². The summed E-state index contributed by atoms with van der Waals surface area (Å²) in [5.41, 5.74) is 0. The molecule has 1 saturated heterocycles. The second-order valence-electron chi connectivity index (χ2n) is 4.10. The molecular formula is C12H14N2O4S. The molecule has 7 heteroatoms. The Morgan fingerprint density at radius 2 is 2.42 bits per heavy atom. The molecule has 0 spiro atoms. The number of amides is 1. The van der Waals surface area contributed by atoms with E-state index in [4.69, 9.17) is 9.84 Å². The van der Waals surface area contributed by atoms with Crippen LogP contribution in [-0.4, -0.2) is 52.7 Å². The Balaban J connectivity index is 1.96. The number of carbonyl (C=O) groups excluding carboxylic acids is 1. The van der Waals surface area contributed by atoms with E-state index >= 15 is 0 Å². The largest absolute Gasteiger partial charge is 0.479 e. The van der Waals surface area contributed by atoms with Gasteiger partial charge in [0.25, 0.3) is 0 Å². The van der Waals surface area contributed by atoms with E-state index in [0.717, 1.165) is 9.88 Å². The molecule has 0 bridgehead atoms. The van der Waals surface area contributed by atoms with Crippen LogP contribution < -0.4 is 0 Å². The Bertz CT molecular complexity index is 512. The van der Waals surface area contributed by atoms with Gasteiger partial charge in [-0.3, -0.25) is 4.79 Å². The summed E-state index contributed by atoms with van der Waals surface area (Å²) >= 11 is 1.49. The highest BCUT2D eigenvalue weighted by Crippen LogP contribution is 2.13. The van der Waals surface area contributed by atoms with Crippen molar-refractivity contribution in [3.63, 3.8) is 0 Å². The van der Waals surface area contributed by atoms with Crippen molar-refractivity contribution in [3.8, 4) is 0 Å². The van der Waals surface area contributed by atoms with Gasteiger partial charge < -0.3 is 14.7 Å². The highest BCUT2D eigenvalue weighted by atomic mass is 32.1. The van der Waals surface area contributed by atoms with Crippen LogP contribution in [0.15, 0.2) is 12.3 Å². The fraction of sp³-hybridized carbons (Fsp3) is 0.417. The number of carboxylic acids is 1. The Hall–Kier alpha value is -1.73. The third-order valence-corrected chi connectivity index (χ3v) is 3.56. The molecule has 1 aromatic heterocycles. The predicted molar refractivity (Wildman–Crippen MR) is 69.8 cm³/mol. The van der Waals surface area contributed by atoms with E-state index in [0.29, 0.717) is 6.54 Å². The van der Waals surface area contributed by atoms with Gasteiger partial charge in [0.1, 0.15) is 0 Å². The molecule has 0 aliphatic carbocycles. The van der Waals surface area contributed by atoms with Gasteiger partial charge in [-0.25, -0.2) is 9.78 Å². The van der Waals surface area contributed by atoms with Crippen molar-refractivity contribution < 1.29 is 19.4 Å². The lowest BCUT2D eigenvalue weighted by molar-refractivity contribution is -0.158. The maximum Gasteiger partial charge on any atom is 0.334 e. The lowest BCUT2D eigenvalue weighted by atomic mass is 10.2. The molecule has 1 amide bonds. The zero-order valence-corrected chi connectivity index (χ0v) is 11.2. The normalized spacial score (nSPS) is 19.8. The lowest BCUT2D eigenvalue weighted by Crippen LogP contribution is -2.48. The van der Waals surface area contributed by atoms with Crippen LogP contribution in [0.25, 0.3) is 6.08 Å². The zero-order chi connectivity index (χ0) is 13.8. The fourth-order valence-corrected chi connectivity index (χ4v) is 2.40. The van der Waals surface area contributed by atoms with Crippen LogP contribution in [-0.2, 0) is 14.3 Å². The summed E-state index contributed by atoms with van der Waals surface area (Å²) in [6.45, 7) is 2.63. The first-order valence-corrected chi connectivity index (χ1v) is 6.62. The molecule has 1 unspecified atom stereocenters. The molecule has 2 rings (SSSR count). The second-order valence-corrected chi connectivity index (χ2v) is 5.36. The quantitative estimate of drug-likeness (QED) is 0.829. The summed E-state index contributed by atoms with van der Waals surface area (Å²) in [6.07, 6.45) is 3.90. The first kappa shape index (κ1) is 13.7. The Kier molecular flexibility index (Phi) is 4.28. The van der Waals surface area contributed by atoms with Crippen LogP contribution in [0.5, 0.6) is 0 Å². The smallest absolute Gasteiger partial charge is 0.334 e. The molecule has 6 nitrogen and oxygen atoms in total. The van der Waals surface area contributed by atoms with Crippen molar-refractivity contribution in [1.82, 2.24) is 9.88 Å². The molecule has 19 heavy (non-hydrogen) atoms. The third-order valence-electron chi connectivity index (χ3n) is 2.68. The summed E-state index contributed by atoms with van der Waals surface area (Å²) in [7, 11) is 0. The molecule has 1 fully saturated rings. The van der Waals surface area contributed by atoms with E-state index in [1.165, 1.54) is 22.3 Å². The minimum absolute atomic E-state index is 0.0836. The molecule has 0 radical (unpaired) electrons. The van der Waals surface area contributed by atoms with Crippen molar-refractivity contribution in [2.75, 3.05) is 19.7 Å². The SMILES string of the molecule is Cc1ncc(C=CC(=O)N2CCOC(C(=O)O)C2)s1. The number of hydrogen-bond acceptors (Lipinski definition) is 5. The van der Waals surface area contributed by atoms with Gasteiger partial charge in [-0.2, -0.15) is 0 Å². The first-order valence-electron chi connectivity index (χ1n) is 5.80. The summed E-state index contributed by atoms with van der Waals surface area (Å²) in [6, 6.07) is 0. The number of aliphatic carboxylic acids is 1. The van der Waals surface area contributed by atoms with Crippen LogP contribution in [0.4, 0.5) is 0 Å². The summed E-state index contributed by atoms with van der Waals surface area (Å²) in [5.74, 6) is -1.25. The van der Waals surface area contributed by atoms with Gasteiger partial charge in [0.2, 0.25) is 5.91 Å². The van der Waals surface area contributed by atoms with Crippen LogP contribution in [0, 0.1) is 6.92 Å². The lowest BCUT2D eigenvalue weighted by Gasteiger charge is -2.30. The van der Waals surface area contributed by atoms with Crippen LogP contribution in [0.1, 0.15) is 9.88 Å². The Morgan fingerprint density at radius 3 is 3.05 bits per heavy atom. The molecular weight excluding hydrogens is 268 g/mol.